The van der Waals surface area contributed by atoms with Gasteiger partial charge < -0.3 is 4.90 Å². The van der Waals surface area contributed by atoms with Crippen molar-refractivity contribution in [3.8, 4) is 0 Å². The molecule has 3 nitrogen and oxygen atoms in total. The maximum atomic E-state index is 4.43. The van der Waals surface area contributed by atoms with Gasteiger partial charge in [-0.1, -0.05) is 0 Å². The lowest BCUT2D eigenvalue weighted by atomic mass is 10.2. The van der Waals surface area contributed by atoms with Crippen LogP contribution in [0.4, 0.5) is 0 Å². The molecule has 1 radical (unpaired) electrons. The van der Waals surface area contributed by atoms with E-state index in [0.717, 1.165) is 19.1 Å². The summed E-state index contributed by atoms with van der Waals surface area (Å²) in [5, 5.41) is 4.43. The van der Waals surface area contributed by atoms with Crippen LogP contribution in [0.2, 0.25) is 0 Å². The molecule has 1 atom stereocenters. The third-order valence-corrected chi connectivity index (χ3v) is 3.23. The van der Waals surface area contributed by atoms with Gasteiger partial charge in [-0.05, 0) is 33.0 Å². The van der Waals surface area contributed by atoms with Gasteiger partial charge in [0.25, 0.3) is 0 Å². The van der Waals surface area contributed by atoms with Crippen LogP contribution in [0.15, 0.2) is 0 Å². The van der Waals surface area contributed by atoms with Crippen molar-refractivity contribution in [1.82, 2.24) is 15.1 Å². The highest BCUT2D eigenvalue weighted by Gasteiger charge is 2.23. The van der Waals surface area contributed by atoms with Crippen molar-refractivity contribution in [3.05, 3.63) is 0 Å². The maximum Gasteiger partial charge on any atom is 0.0290 e. The average Bonchev–Trinajstić information content (AvgIpc) is 2.56. The summed E-state index contributed by atoms with van der Waals surface area (Å²) >= 11 is 0. The number of likely N-dealkylation sites (N-methyl/N-ethyl adjacent to an activating group) is 1. The predicted octanol–water partition coefficient (Wildman–Crippen LogP) is 0.000600. The van der Waals surface area contributed by atoms with E-state index >= 15 is 0 Å². The molecule has 0 aromatic heterocycles. The minimum absolute atomic E-state index is 0.770. The third-order valence-electron chi connectivity index (χ3n) is 3.23. The Bertz CT molecular complexity index is 154. The van der Waals surface area contributed by atoms with Crippen molar-refractivity contribution in [3.63, 3.8) is 0 Å². The summed E-state index contributed by atoms with van der Waals surface area (Å²) < 4.78 is 0. The predicted molar refractivity (Wildman–Crippen MR) is 54.0 cm³/mol. The quantitative estimate of drug-likeness (QED) is 0.569. The van der Waals surface area contributed by atoms with E-state index in [9.17, 15) is 0 Å². The number of rotatable bonds is 1. The van der Waals surface area contributed by atoms with Crippen LogP contribution in [-0.2, 0) is 0 Å². The smallest absolute Gasteiger partial charge is 0.0290 e. The van der Waals surface area contributed by atoms with Gasteiger partial charge in [-0.25, -0.2) is 5.32 Å². The molecule has 3 heteroatoms. The van der Waals surface area contributed by atoms with Crippen LogP contribution in [0.5, 0.6) is 0 Å². The topological polar surface area (TPSA) is 20.6 Å². The summed E-state index contributed by atoms with van der Waals surface area (Å²) in [6, 6.07) is 0.770. The van der Waals surface area contributed by atoms with Crippen molar-refractivity contribution in [2.24, 2.45) is 0 Å². The second-order valence-corrected chi connectivity index (χ2v) is 4.27. The SMILES string of the molecule is CN1CCCN(C2CC[N]C2)CC1. The molecule has 0 spiro atoms. The zero-order chi connectivity index (χ0) is 9.10. The van der Waals surface area contributed by atoms with Crippen LogP contribution >= 0.6 is 0 Å². The van der Waals surface area contributed by atoms with Crippen molar-refractivity contribution >= 4 is 0 Å². The van der Waals surface area contributed by atoms with Crippen LogP contribution < -0.4 is 5.32 Å². The summed E-state index contributed by atoms with van der Waals surface area (Å²) in [7, 11) is 2.22. The molecule has 0 aromatic rings. The van der Waals surface area contributed by atoms with Gasteiger partial charge in [-0.2, -0.15) is 0 Å². The molecule has 2 heterocycles. The fraction of sp³-hybridized carbons (Fsp3) is 1.00. The summed E-state index contributed by atoms with van der Waals surface area (Å²) in [4.78, 5) is 5.08. The third kappa shape index (κ3) is 2.42. The van der Waals surface area contributed by atoms with E-state index in [1.165, 1.54) is 39.0 Å². The van der Waals surface area contributed by atoms with Crippen LogP contribution in [0.25, 0.3) is 0 Å². The van der Waals surface area contributed by atoms with Gasteiger partial charge in [0, 0.05) is 32.2 Å². The van der Waals surface area contributed by atoms with E-state index in [0.29, 0.717) is 0 Å². The van der Waals surface area contributed by atoms with E-state index in [1.54, 1.807) is 0 Å². The molecule has 2 aliphatic heterocycles. The zero-order valence-corrected chi connectivity index (χ0v) is 8.58. The molecule has 0 saturated carbocycles. The van der Waals surface area contributed by atoms with Crippen molar-refractivity contribution in [2.75, 3.05) is 46.3 Å². The van der Waals surface area contributed by atoms with Gasteiger partial charge in [0.1, 0.15) is 0 Å². The average molecular weight is 182 g/mol. The first kappa shape index (κ1) is 9.44. The molecule has 0 bridgehead atoms. The van der Waals surface area contributed by atoms with Crippen LogP contribution in [0.1, 0.15) is 12.8 Å². The first-order valence-corrected chi connectivity index (χ1v) is 5.42. The summed E-state index contributed by atoms with van der Waals surface area (Å²) in [6.07, 6.45) is 2.62. The Labute approximate surface area is 81.1 Å². The van der Waals surface area contributed by atoms with Crippen molar-refractivity contribution in [1.29, 1.82) is 0 Å². The number of hydrogen-bond donors (Lipinski definition) is 0. The van der Waals surface area contributed by atoms with Crippen LogP contribution in [0, 0.1) is 0 Å². The van der Waals surface area contributed by atoms with Crippen molar-refractivity contribution < 1.29 is 0 Å². The molecule has 0 aliphatic carbocycles. The second-order valence-electron chi connectivity index (χ2n) is 4.27. The normalized spacial score (nSPS) is 33.5. The largest absolute Gasteiger partial charge is 0.305 e. The Balaban J connectivity index is 1.84. The Morgan fingerprint density at radius 2 is 2.08 bits per heavy atom. The van der Waals surface area contributed by atoms with E-state index in [4.69, 9.17) is 0 Å². The van der Waals surface area contributed by atoms with E-state index in [2.05, 4.69) is 22.2 Å². The zero-order valence-electron chi connectivity index (χ0n) is 8.58. The highest BCUT2D eigenvalue weighted by atomic mass is 15.2. The molecule has 2 fully saturated rings. The second kappa shape index (κ2) is 4.40. The highest BCUT2D eigenvalue weighted by molar-refractivity contribution is 4.82. The Morgan fingerprint density at radius 1 is 1.15 bits per heavy atom. The Hall–Kier alpha value is -0.120. The molecule has 2 aliphatic rings. The molecular weight excluding hydrogens is 162 g/mol. The standard InChI is InChI=1S/C10H20N3/c1-12-5-2-6-13(8-7-12)10-3-4-11-9-10/h10H,2-9H2,1H3. The van der Waals surface area contributed by atoms with Crippen LogP contribution in [0.3, 0.4) is 0 Å². The Morgan fingerprint density at radius 3 is 2.85 bits per heavy atom. The summed E-state index contributed by atoms with van der Waals surface area (Å²) in [5.74, 6) is 0. The summed E-state index contributed by atoms with van der Waals surface area (Å²) in [6.45, 7) is 7.21. The molecule has 2 saturated heterocycles. The van der Waals surface area contributed by atoms with Gasteiger partial charge in [0.05, 0.1) is 0 Å². The molecule has 75 valence electrons. The van der Waals surface area contributed by atoms with Gasteiger partial charge in [0.15, 0.2) is 0 Å². The van der Waals surface area contributed by atoms with Gasteiger partial charge >= 0.3 is 0 Å². The molecular formula is C10H20N3. The fourth-order valence-corrected chi connectivity index (χ4v) is 2.30. The Kier molecular flexibility index (Phi) is 3.19. The van der Waals surface area contributed by atoms with E-state index in [1.807, 2.05) is 0 Å². The minimum Gasteiger partial charge on any atom is -0.305 e. The van der Waals surface area contributed by atoms with Crippen molar-refractivity contribution in [2.45, 2.75) is 18.9 Å². The number of hydrogen-bond acceptors (Lipinski definition) is 2. The molecule has 0 N–H and O–H groups in total. The van der Waals surface area contributed by atoms with Gasteiger partial charge in [-0.15, -0.1) is 0 Å². The highest BCUT2D eigenvalue weighted by Crippen LogP contribution is 2.12. The maximum absolute atomic E-state index is 4.43. The first-order valence-electron chi connectivity index (χ1n) is 5.42. The lowest BCUT2D eigenvalue weighted by Gasteiger charge is -2.26. The molecule has 1 unspecified atom stereocenters. The monoisotopic (exact) mass is 182 g/mol. The molecule has 13 heavy (non-hydrogen) atoms. The van der Waals surface area contributed by atoms with Gasteiger partial charge in [0.2, 0.25) is 0 Å². The fourth-order valence-electron chi connectivity index (χ4n) is 2.30. The first-order chi connectivity index (χ1) is 6.36. The van der Waals surface area contributed by atoms with Gasteiger partial charge in [-0.3, -0.25) is 4.90 Å². The van der Waals surface area contributed by atoms with E-state index in [-0.39, 0.29) is 0 Å². The molecule has 2 rings (SSSR count). The minimum atomic E-state index is 0.770. The number of nitrogens with zero attached hydrogens (tertiary/aromatic N) is 3. The lowest BCUT2D eigenvalue weighted by Crippen LogP contribution is -2.38. The van der Waals surface area contributed by atoms with E-state index < -0.39 is 0 Å². The molecule has 0 aromatic carbocycles. The summed E-state index contributed by atoms with van der Waals surface area (Å²) in [5.41, 5.74) is 0. The molecule has 0 amide bonds. The lowest BCUT2D eigenvalue weighted by molar-refractivity contribution is 0.214. The van der Waals surface area contributed by atoms with Crippen LogP contribution in [-0.4, -0.2) is 62.2 Å².